The van der Waals surface area contributed by atoms with Crippen molar-refractivity contribution >= 4 is 29.3 Å². The number of amides is 2. The lowest BCUT2D eigenvalue weighted by Crippen LogP contribution is -2.38. The lowest BCUT2D eigenvalue weighted by molar-refractivity contribution is -0.126. The van der Waals surface area contributed by atoms with Crippen LogP contribution in [-0.4, -0.2) is 55.5 Å². The number of nitrogens with one attached hydrogen (secondary N) is 2. The number of β-amino-alcohol motifs (C(OH)–C–C–N with tert-alkyl or cyclic N) is 1. The first-order valence-electron chi connectivity index (χ1n) is 8.19. The van der Waals surface area contributed by atoms with Crippen molar-refractivity contribution in [3.63, 3.8) is 0 Å². The monoisotopic (exact) mass is 349 g/mol. The molecule has 7 heteroatoms. The number of carbonyl (C=O) groups is 2. The zero-order chi connectivity index (χ0) is 17.1. The molecule has 0 radical (unpaired) electrons. The highest BCUT2D eigenvalue weighted by atomic mass is 32.2. The van der Waals surface area contributed by atoms with Crippen LogP contribution in [0.5, 0.6) is 0 Å². The quantitative estimate of drug-likeness (QED) is 0.673. The Hall–Kier alpha value is -1.57. The second kappa shape index (κ2) is 7.55. The van der Waals surface area contributed by atoms with Crippen LogP contribution in [0.1, 0.15) is 6.42 Å². The van der Waals surface area contributed by atoms with Gasteiger partial charge in [-0.2, -0.15) is 0 Å². The fourth-order valence-corrected chi connectivity index (χ4v) is 3.61. The van der Waals surface area contributed by atoms with Crippen LogP contribution >= 0.6 is 11.8 Å². The van der Waals surface area contributed by atoms with Gasteiger partial charge in [-0.3, -0.25) is 9.59 Å². The third-order valence-electron chi connectivity index (χ3n) is 4.72. The highest BCUT2D eigenvalue weighted by molar-refractivity contribution is 7.98. The molecule has 24 heavy (non-hydrogen) atoms. The molecule has 3 rings (SSSR count). The number of anilines is 1. The first-order valence-corrected chi connectivity index (χ1v) is 9.42. The van der Waals surface area contributed by atoms with Crippen LogP contribution in [0, 0.1) is 11.8 Å². The summed E-state index contributed by atoms with van der Waals surface area (Å²) < 4.78 is 0. The van der Waals surface area contributed by atoms with Gasteiger partial charge in [0.2, 0.25) is 11.8 Å². The molecule has 0 aromatic heterocycles. The minimum Gasteiger partial charge on any atom is -0.391 e. The van der Waals surface area contributed by atoms with Gasteiger partial charge in [0.05, 0.1) is 12.0 Å². The van der Waals surface area contributed by atoms with Crippen molar-refractivity contribution in [3.05, 3.63) is 24.3 Å². The number of hydrogen-bond donors (Lipinski definition) is 3. The zero-order valence-corrected chi connectivity index (χ0v) is 14.5. The molecule has 0 bridgehead atoms. The zero-order valence-electron chi connectivity index (χ0n) is 13.7. The van der Waals surface area contributed by atoms with Gasteiger partial charge in [0, 0.05) is 49.1 Å². The molecule has 0 spiro atoms. The van der Waals surface area contributed by atoms with E-state index in [2.05, 4.69) is 10.6 Å². The molecule has 1 aromatic rings. The van der Waals surface area contributed by atoms with Gasteiger partial charge in [0.25, 0.3) is 0 Å². The molecule has 6 nitrogen and oxygen atoms in total. The number of carbonyl (C=O) groups excluding carboxylic acids is 2. The van der Waals surface area contributed by atoms with Crippen LogP contribution in [0.3, 0.4) is 0 Å². The molecule has 2 heterocycles. The van der Waals surface area contributed by atoms with E-state index in [1.54, 1.807) is 16.7 Å². The maximum Gasteiger partial charge on any atom is 0.227 e. The molecule has 2 aliphatic heterocycles. The molecule has 3 atom stereocenters. The Kier molecular flexibility index (Phi) is 5.43. The van der Waals surface area contributed by atoms with Gasteiger partial charge in [0.15, 0.2) is 0 Å². The number of rotatable bonds is 5. The summed E-state index contributed by atoms with van der Waals surface area (Å²) >= 11 is 1.65. The number of hydrogen-bond acceptors (Lipinski definition) is 5. The van der Waals surface area contributed by atoms with E-state index in [0.717, 1.165) is 10.6 Å². The van der Waals surface area contributed by atoms with Crippen molar-refractivity contribution in [2.75, 3.05) is 37.3 Å². The van der Waals surface area contributed by atoms with E-state index >= 15 is 0 Å². The summed E-state index contributed by atoms with van der Waals surface area (Å²) in [4.78, 5) is 27.4. The highest BCUT2D eigenvalue weighted by Crippen LogP contribution is 2.27. The van der Waals surface area contributed by atoms with Crippen molar-refractivity contribution in [3.8, 4) is 0 Å². The fourth-order valence-electron chi connectivity index (χ4n) is 3.20. The van der Waals surface area contributed by atoms with E-state index < -0.39 is 6.10 Å². The summed E-state index contributed by atoms with van der Waals surface area (Å²) in [6.45, 7) is 2.14. The number of nitrogens with zero attached hydrogens (tertiary/aromatic N) is 1. The molecule has 2 amide bonds. The van der Waals surface area contributed by atoms with E-state index in [1.165, 1.54) is 0 Å². The standard InChI is InChI=1S/C17H23N3O3S/c1-24-14-4-2-13(3-5-14)20-10-11(6-16(20)22)17(23)19-8-12-7-18-9-15(12)21/h2-5,11-12,15,18,21H,6-10H2,1H3,(H,19,23). The lowest BCUT2D eigenvalue weighted by atomic mass is 10.0. The molecule has 130 valence electrons. The second-order valence-corrected chi connectivity index (χ2v) is 7.21. The van der Waals surface area contributed by atoms with Crippen LogP contribution in [0.4, 0.5) is 5.69 Å². The van der Waals surface area contributed by atoms with Gasteiger partial charge in [-0.25, -0.2) is 0 Å². The Balaban J connectivity index is 1.56. The number of thioether (sulfide) groups is 1. The lowest BCUT2D eigenvalue weighted by Gasteiger charge is -2.18. The third kappa shape index (κ3) is 3.74. The van der Waals surface area contributed by atoms with Crippen LogP contribution in [0.25, 0.3) is 0 Å². The van der Waals surface area contributed by atoms with Crippen molar-refractivity contribution < 1.29 is 14.7 Å². The summed E-state index contributed by atoms with van der Waals surface area (Å²) in [5, 5.41) is 15.7. The van der Waals surface area contributed by atoms with Crippen LogP contribution in [-0.2, 0) is 9.59 Å². The van der Waals surface area contributed by atoms with Gasteiger partial charge in [-0.05, 0) is 30.5 Å². The van der Waals surface area contributed by atoms with E-state index in [1.807, 2.05) is 30.5 Å². The fraction of sp³-hybridized carbons (Fsp3) is 0.529. The molecule has 3 N–H and O–H groups in total. The van der Waals surface area contributed by atoms with Gasteiger partial charge >= 0.3 is 0 Å². The second-order valence-electron chi connectivity index (χ2n) is 6.33. The van der Waals surface area contributed by atoms with Crippen LogP contribution in [0.2, 0.25) is 0 Å². The molecule has 1 aromatic carbocycles. The molecule has 0 aliphatic carbocycles. The summed E-state index contributed by atoms with van der Waals surface area (Å²) in [7, 11) is 0. The predicted molar refractivity (Wildman–Crippen MR) is 94.1 cm³/mol. The van der Waals surface area contributed by atoms with Crippen molar-refractivity contribution in [2.24, 2.45) is 11.8 Å². The Bertz CT molecular complexity index is 608. The van der Waals surface area contributed by atoms with E-state index in [4.69, 9.17) is 0 Å². The predicted octanol–water partition coefficient (Wildman–Crippen LogP) is 0.458. The van der Waals surface area contributed by atoms with Crippen LogP contribution in [0.15, 0.2) is 29.2 Å². The third-order valence-corrected chi connectivity index (χ3v) is 5.47. The van der Waals surface area contributed by atoms with Crippen molar-refractivity contribution in [1.29, 1.82) is 0 Å². The molecular formula is C17H23N3O3S. The molecule has 0 saturated carbocycles. The average Bonchev–Trinajstić information content (AvgIpc) is 3.18. The molecule has 2 aliphatic rings. The van der Waals surface area contributed by atoms with E-state index in [-0.39, 0.29) is 30.1 Å². The topological polar surface area (TPSA) is 81.7 Å². The van der Waals surface area contributed by atoms with Gasteiger partial charge in [0.1, 0.15) is 0 Å². The first-order chi connectivity index (χ1) is 11.6. The number of aliphatic hydroxyl groups is 1. The summed E-state index contributed by atoms with van der Waals surface area (Å²) in [5.41, 5.74) is 0.837. The number of aliphatic hydroxyl groups excluding tert-OH is 1. The molecule has 2 fully saturated rings. The Labute approximate surface area is 146 Å². The molecule has 3 unspecified atom stereocenters. The maximum atomic E-state index is 12.3. The van der Waals surface area contributed by atoms with E-state index in [0.29, 0.717) is 26.2 Å². The SMILES string of the molecule is CSc1ccc(N2CC(C(=O)NCC3CNCC3O)CC2=O)cc1. The normalized spacial score (nSPS) is 26.8. The summed E-state index contributed by atoms with van der Waals surface area (Å²) in [6.07, 6.45) is 1.83. The van der Waals surface area contributed by atoms with Crippen molar-refractivity contribution in [2.45, 2.75) is 17.4 Å². The minimum absolute atomic E-state index is 0.0189. The van der Waals surface area contributed by atoms with E-state index in [9.17, 15) is 14.7 Å². The largest absolute Gasteiger partial charge is 0.391 e. The average molecular weight is 349 g/mol. The Morgan fingerprint density at radius 3 is 2.75 bits per heavy atom. The number of benzene rings is 1. The minimum atomic E-state index is -0.415. The van der Waals surface area contributed by atoms with Crippen molar-refractivity contribution in [1.82, 2.24) is 10.6 Å². The van der Waals surface area contributed by atoms with Gasteiger partial charge in [-0.15, -0.1) is 11.8 Å². The summed E-state index contributed by atoms with van der Waals surface area (Å²) in [5.74, 6) is -0.411. The first kappa shape index (κ1) is 17.3. The Morgan fingerprint density at radius 2 is 2.12 bits per heavy atom. The molecule has 2 saturated heterocycles. The van der Waals surface area contributed by atoms with Gasteiger partial charge < -0.3 is 20.6 Å². The van der Waals surface area contributed by atoms with Crippen LogP contribution < -0.4 is 15.5 Å². The highest BCUT2D eigenvalue weighted by Gasteiger charge is 2.35. The maximum absolute atomic E-state index is 12.3. The van der Waals surface area contributed by atoms with Gasteiger partial charge in [-0.1, -0.05) is 0 Å². The summed E-state index contributed by atoms with van der Waals surface area (Å²) in [6, 6.07) is 7.81. The molecular weight excluding hydrogens is 326 g/mol. The Morgan fingerprint density at radius 1 is 1.38 bits per heavy atom. The smallest absolute Gasteiger partial charge is 0.227 e.